The maximum Gasteiger partial charge on any atom is 0.335 e. The second-order valence-electron chi connectivity index (χ2n) is 4.55. The van der Waals surface area contributed by atoms with E-state index in [-0.39, 0.29) is 17.3 Å². The van der Waals surface area contributed by atoms with Gasteiger partial charge in [0.1, 0.15) is 18.2 Å². The van der Waals surface area contributed by atoms with E-state index in [1.54, 1.807) is 0 Å². The summed E-state index contributed by atoms with van der Waals surface area (Å²) in [6, 6.07) is 11.2. The number of hydrogen-bond donors (Lipinski definition) is 2. The summed E-state index contributed by atoms with van der Waals surface area (Å²) < 4.78 is 19.4. The average Bonchev–Trinajstić information content (AvgIpc) is 2.84. The lowest BCUT2D eigenvalue weighted by molar-refractivity contribution is 0.0696. The van der Waals surface area contributed by atoms with Crippen LogP contribution < -0.4 is 10.1 Å². The molecular formula is C15H12FNO3. The van der Waals surface area contributed by atoms with Crippen LogP contribution in [0.1, 0.15) is 22.0 Å². The smallest absolute Gasteiger partial charge is 0.335 e. The molecular weight excluding hydrogens is 261 g/mol. The molecule has 0 aliphatic carbocycles. The van der Waals surface area contributed by atoms with Gasteiger partial charge in [0, 0.05) is 5.56 Å². The SMILES string of the molecule is O=C(O)c1ccc(NC2COc3ccccc32)c(F)c1. The Morgan fingerprint density at radius 3 is 2.85 bits per heavy atom. The van der Waals surface area contributed by atoms with Crippen LogP contribution >= 0.6 is 0 Å². The number of para-hydroxylation sites is 1. The lowest BCUT2D eigenvalue weighted by atomic mass is 10.1. The van der Waals surface area contributed by atoms with Gasteiger partial charge in [-0.3, -0.25) is 0 Å². The van der Waals surface area contributed by atoms with Crippen LogP contribution in [0.4, 0.5) is 10.1 Å². The highest BCUT2D eigenvalue weighted by Gasteiger charge is 2.24. The van der Waals surface area contributed by atoms with Gasteiger partial charge < -0.3 is 15.2 Å². The average molecular weight is 273 g/mol. The molecule has 1 unspecified atom stereocenters. The summed E-state index contributed by atoms with van der Waals surface area (Å²) >= 11 is 0. The lowest BCUT2D eigenvalue weighted by Crippen LogP contribution is -2.13. The van der Waals surface area contributed by atoms with Gasteiger partial charge in [0.05, 0.1) is 17.3 Å². The molecule has 1 heterocycles. The maximum atomic E-state index is 13.9. The van der Waals surface area contributed by atoms with Crippen molar-refractivity contribution in [2.24, 2.45) is 0 Å². The highest BCUT2D eigenvalue weighted by Crippen LogP contribution is 2.34. The molecule has 0 aromatic heterocycles. The molecule has 0 saturated carbocycles. The molecule has 1 aliphatic heterocycles. The molecule has 0 fully saturated rings. The predicted octanol–water partition coefficient (Wildman–Crippen LogP) is 3.07. The fraction of sp³-hybridized carbons (Fsp3) is 0.133. The molecule has 0 bridgehead atoms. The van der Waals surface area contributed by atoms with E-state index in [1.165, 1.54) is 12.1 Å². The number of nitrogens with one attached hydrogen (secondary N) is 1. The quantitative estimate of drug-likeness (QED) is 0.902. The minimum atomic E-state index is -1.15. The highest BCUT2D eigenvalue weighted by atomic mass is 19.1. The van der Waals surface area contributed by atoms with E-state index >= 15 is 0 Å². The molecule has 0 radical (unpaired) electrons. The monoisotopic (exact) mass is 273 g/mol. The topological polar surface area (TPSA) is 58.6 Å². The minimum Gasteiger partial charge on any atom is -0.491 e. The Labute approximate surface area is 114 Å². The van der Waals surface area contributed by atoms with Crippen LogP contribution in [-0.4, -0.2) is 17.7 Å². The molecule has 0 spiro atoms. The largest absolute Gasteiger partial charge is 0.491 e. The van der Waals surface area contributed by atoms with Gasteiger partial charge in [-0.05, 0) is 24.3 Å². The van der Waals surface area contributed by atoms with Crippen molar-refractivity contribution < 1.29 is 19.0 Å². The van der Waals surface area contributed by atoms with Crippen molar-refractivity contribution in [3.05, 3.63) is 59.4 Å². The predicted molar refractivity (Wildman–Crippen MR) is 71.7 cm³/mol. The Kier molecular flexibility index (Phi) is 3.02. The fourth-order valence-electron chi connectivity index (χ4n) is 2.24. The van der Waals surface area contributed by atoms with E-state index in [0.717, 1.165) is 17.4 Å². The molecule has 1 atom stereocenters. The molecule has 3 rings (SSSR count). The Morgan fingerprint density at radius 1 is 1.30 bits per heavy atom. The zero-order chi connectivity index (χ0) is 14.1. The van der Waals surface area contributed by atoms with Crippen LogP contribution in [-0.2, 0) is 0 Å². The zero-order valence-corrected chi connectivity index (χ0v) is 10.5. The normalized spacial score (nSPS) is 16.4. The first-order valence-corrected chi connectivity index (χ1v) is 6.16. The van der Waals surface area contributed by atoms with Gasteiger partial charge >= 0.3 is 5.97 Å². The molecule has 0 amide bonds. The summed E-state index contributed by atoms with van der Waals surface area (Å²) in [5, 5.41) is 11.8. The number of carboxylic acids is 1. The number of ether oxygens (including phenoxy) is 1. The molecule has 2 aromatic rings. The molecule has 0 saturated heterocycles. The van der Waals surface area contributed by atoms with Gasteiger partial charge in [0.15, 0.2) is 0 Å². The third-order valence-electron chi connectivity index (χ3n) is 3.25. The van der Waals surface area contributed by atoms with E-state index in [4.69, 9.17) is 9.84 Å². The Bertz CT molecular complexity index is 672. The number of hydrogen-bond acceptors (Lipinski definition) is 3. The van der Waals surface area contributed by atoms with Gasteiger partial charge in [-0.2, -0.15) is 0 Å². The number of aromatic carboxylic acids is 1. The number of carboxylic acid groups (broad SMARTS) is 1. The molecule has 20 heavy (non-hydrogen) atoms. The van der Waals surface area contributed by atoms with Crippen LogP contribution in [0.25, 0.3) is 0 Å². The number of fused-ring (bicyclic) bond motifs is 1. The number of rotatable bonds is 3. The second kappa shape index (κ2) is 4.85. The van der Waals surface area contributed by atoms with Crippen molar-refractivity contribution in [2.45, 2.75) is 6.04 Å². The van der Waals surface area contributed by atoms with E-state index in [9.17, 15) is 9.18 Å². The third kappa shape index (κ3) is 2.18. The Hall–Kier alpha value is -2.56. The van der Waals surface area contributed by atoms with Crippen molar-refractivity contribution >= 4 is 11.7 Å². The number of carbonyl (C=O) groups is 1. The number of halogens is 1. The third-order valence-corrected chi connectivity index (χ3v) is 3.25. The summed E-state index contributed by atoms with van der Waals surface area (Å²) in [6.45, 7) is 0.416. The first-order chi connectivity index (χ1) is 9.65. The van der Waals surface area contributed by atoms with Crippen molar-refractivity contribution in [1.82, 2.24) is 0 Å². The van der Waals surface area contributed by atoms with Crippen LogP contribution in [0.2, 0.25) is 0 Å². The van der Waals surface area contributed by atoms with Crippen molar-refractivity contribution in [2.75, 3.05) is 11.9 Å². The summed E-state index contributed by atoms with van der Waals surface area (Å²) in [5.41, 5.74) is 1.16. The zero-order valence-electron chi connectivity index (χ0n) is 10.5. The molecule has 5 heteroatoms. The van der Waals surface area contributed by atoms with Crippen LogP contribution in [0, 0.1) is 5.82 Å². The molecule has 4 nitrogen and oxygen atoms in total. The number of anilines is 1. The standard InChI is InChI=1S/C15H12FNO3/c16-11-7-9(15(18)19)5-6-12(11)17-13-8-20-14-4-2-1-3-10(13)14/h1-7,13,17H,8H2,(H,18,19). The van der Waals surface area contributed by atoms with Gasteiger partial charge in [-0.1, -0.05) is 18.2 Å². The van der Waals surface area contributed by atoms with Crippen molar-refractivity contribution in [3.8, 4) is 5.75 Å². The van der Waals surface area contributed by atoms with Crippen LogP contribution in [0.15, 0.2) is 42.5 Å². The molecule has 1 aliphatic rings. The van der Waals surface area contributed by atoms with E-state index < -0.39 is 11.8 Å². The fourth-order valence-corrected chi connectivity index (χ4v) is 2.24. The summed E-state index contributed by atoms with van der Waals surface area (Å²) in [5.74, 6) is -0.952. The van der Waals surface area contributed by atoms with Gasteiger partial charge in [0.2, 0.25) is 0 Å². The highest BCUT2D eigenvalue weighted by molar-refractivity contribution is 5.88. The van der Waals surface area contributed by atoms with Crippen molar-refractivity contribution in [1.29, 1.82) is 0 Å². The minimum absolute atomic E-state index is 0.0730. The summed E-state index contributed by atoms with van der Waals surface area (Å²) in [7, 11) is 0. The molecule has 2 N–H and O–H groups in total. The van der Waals surface area contributed by atoms with E-state index in [0.29, 0.717) is 6.61 Å². The Morgan fingerprint density at radius 2 is 2.10 bits per heavy atom. The first kappa shape index (κ1) is 12.5. The molecule has 102 valence electrons. The van der Waals surface area contributed by atoms with Crippen LogP contribution in [0.3, 0.4) is 0 Å². The van der Waals surface area contributed by atoms with Crippen LogP contribution in [0.5, 0.6) is 5.75 Å². The number of benzene rings is 2. The van der Waals surface area contributed by atoms with Gasteiger partial charge in [-0.25, -0.2) is 9.18 Å². The molecule has 2 aromatic carbocycles. The first-order valence-electron chi connectivity index (χ1n) is 6.16. The van der Waals surface area contributed by atoms with E-state index in [1.807, 2.05) is 24.3 Å². The summed E-state index contributed by atoms with van der Waals surface area (Å²) in [6.07, 6.45) is 0. The van der Waals surface area contributed by atoms with Gasteiger partial charge in [-0.15, -0.1) is 0 Å². The lowest BCUT2D eigenvalue weighted by Gasteiger charge is -2.14. The van der Waals surface area contributed by atoms with E-state index in [2.05, 4.69) is 5.32 Å². The van der Waals surface area contributed by atoms with Crippen molar-refractivity contribution in [3.63, 3.8) is 0 Å². The Balaban J connectivity index is 1.84. The summed E-state index contributed by atoms with van der Waals surface area (Å²) in [4.78, 5) is 10.8. The second-order valence-corrected chi connectivity index (χ2v) is 4.55. The van der Waals surface area contributed by atoms with Gasteiger partial charge in [0.25, 0.3) is 0 Å². The maximum absolute atomic E-state index is 13.9.